The largest absolute Gasteiger partial charge is 0.508 e. The standard InChI is InChI=1S/C12H14Cl2O4/c1-9(17-12(15)16-8-7-13)11(14)18-10-5-3-2-4-6-10/h2-6,9,11H,7-8H2,1H3. The molecule has 100 valence electrons. The molecule has 6 heteroatoms. The molecule has 1 rings (SSSR count). The Balaban J connectivity index is 2.37. The van der Waals surface area contributed by atoms with E-state index in [1.807, 2.05) is 18.2 Å². The molecule has 0 bridgehead atoms. The van der Waals surface area contributed by atoms with E-state index in [9.17, 15) is 4.79 Å². The first-order valence-electron chi connectivity index (χ1n) is 5.38. The Labute approximate surface area is 116 Å². The molecular weight excluding hydrogens is 279 g/mol. The second-order valence-electron chi connectivity index (χ2n) is 3.39. The third kappa shape index (κ3) is 5.47. The van der Waals surface area contributed by atoms with E-state index in [1.165, 1.54) is 0 Å². The summed E-state index contributed by atoms with van der Waals surface area (Å²) in [6, 6.07) is 9.01. The number of rotatable bonds is 6. The number of halogens is 2. The van der Waals surface area contributed by atoms with Gasteiger partial charge in [0, 0.05) is 0 Å². The number of ether oxygens (including phenoxy) is 3. The maximum Gasteiger partial charge on any atom is 0.508 e. The van der Waals surface area contributed by atoms with Crippen molar-refractivity contribution in [3.8, 4) is 5.75 Å². The van der Waals surface area contributed by atoms with E-state index in [-0.39, 0.29) is 12.5 Å². The highest BCUT2D eigenvalue weighted by atomic mass is 35.5. The summed E-state index contributed by atoms with van der Waals surface area (Å²) in [6.45, 7) is 1.71. The van der Waals surface area contributed by atoms with Gasteiger partial charge in [-0.2, -0.15) is 0 Å². The fourth-order valence-corrected chi connectivity index (χ4v) is 1.32. The number of alkyl halides is 2. The second kappa shape index (κ2) is 8.06. The van der Waals surface area contributed by atoms with Crippen LogP contribution in [0.4, 0.5) is 4.79 Å². The number of hydrogen-bond donors (Lipinski definition) is 0. The number of carbonyl (C=O) groups is 1. The van der Waals surface area contributed by atoms with E-state index in [1.54, 1.807) is 19.1 Å². The summed E-state index contributed by atoms with van der Waals surface area (Å²) < 4.78 is 15.0. The summed E-state index contributed by atoms with van der Waals surface area (Å²) in [5.41, 5.74) is -0.795. The van der Waals surface area contributed by atoms with Gasteiger partial charge in [0.05, 0.1) is 5.88 Å². The van der Waals surface area contributed by atoms with E-state index in [4.69, 9.17) is 32.7 Å². The third-order valence-electron chi connectivity index (χ3n) is 1.94. The molecule has 0 saturated carbocycles. The first kappa shape index (κ1) is 14.9. The fourth-order valence-electron chi connectivity index (χ4n) is 1.09. The lowest BCUT2D eigenvalue weighted by Gasteiger charge is -2.19. The van der Waals surface area contributed by atoms with Gasteiger partial charge in [0.15, 0.2) is 6.10 Å². The molecule has 2 unspecified atom stereocenters. The Kier molecular flexibility index (Phi) is 6.68. The SMILES string of the molecule is CC(OC(=O)OCCCl)C(Cl)Oc1ccccc1. The normalized spacial score (nSPS) is 13.5. The maximum atomic E-state index is 11.2. The van der Waals surface area contributed by atoms with Gasteiger partial charge < -0.3 is 14.2 Å². The summed E-state index contributed by atoms with van der Waals surface area (Å²) in [5, 5.41) is 0. The lowest BCUT2D eigenvalue weighted by Crippen LogP contribution is -2.29. The van der Waals surface area contributed by atoms with Gasteiger partial charge in [0.2, 0.25) is 5.56 Å². The molecule has 0 aliphatic carbocycles. The Morgan fingerprint density at radius 2 is 2.00 bits per heavy atom. The molecule has 0 N–H and O–H groups in total. The van der Waals surface area contributed by atoms with Crippen LogP contribution in [0.3, 0.4) is 0 Å². The van der Waals surface area contributed by atoms with Crippen LogP contribution >= 0.6 is 23.2 Å². The van der Waals surface area contributed by atoms with Crippen LogP contribution in [0, 0.1) is 0 Å². The third-order valence-corrected chi connectivity index (χ3v) is 2.54. The van der Waals surface area contributed by atoms with Crippen LogP contribution in [-0.2, 0) is 9.47 Å². The minimum absolute atomic E-state index is 0.0968. The van der Waals surface area contributed by atoms with Gasteiger partial charge in [-0.1, -0.05) is 29.8 Å². The molecule has 4 nitrogen and oxygen atoms in total. The first-order valence-corrected chi connectivity index (χ1v) is 6.35. The lowest BCUT2D eigenvalue weighted by molar-refractivity contribution is 0.00760. The van der Waals surface area contributed by atoms with Gasteiger partial charge in [-0.15, -0.1) is 11.6 Å². The minimum Gasteiger partial charge on any atom is -0.471 e. The molecule has 1 aromatic rings. The Bertz CT molecular complexity index is 358. The summed E-state index contributed by atoms with van der Waals surface area (Å²) in [5.74, 6) is 0.816. The highest BCUT2D eigenvalue weighted by Crippen LogP contribution is 2.16. The van der Waals surface area contributed by atoms with Crippen LogP contribution in [0.1, 0.15) is 6.92 Å². The quantitative estimate of drug-likeness (QED) is 0.595. The highest BCUT2D eigenvalue weighted by Gasteiger charge is 2.21. The molecule has 0 aliphatic heterocycles. The number of carbonyl (C=O) groups excluding carboxylic acids is 1. The highest BCUT2D eigenvalue weighted by molar-refractivity contribution is 6.20. The van der Waals surface area contributed by atoms with Gasteiger partial charge in [-0.25, -0.2) is 4.79 Å². The number of benzene rings is 1. The van der Waals surface area contributed by atoms with Gasteiger partial charge in [0.25, 0.3) is 0 Å². The molecule has 2 atom stereocenters. The van der Waals surface area contributed by atoms with E-state index in [0.717, 1.165) is 0 Å². The minimum atomic E-state index is -0.814. The van der Waals surface area contributed by atoms with Crippen LogP contribution in [-0.4, -0.2) is 30.3 Å². The van der Waals surface area contributed by atoms with Crippen molar-refractivity contribution in [1.82, 2.24) is 0 Å². The summed E-state index contributed by atoms with van der Waals surface area (Å²) in [7, 11) is 0. The van der Waals surface area contributed by atoms with Crippen LogP contribution in [0.5, 0.6) is 5.75 Å². The molecule has 0 aromatic heterocycles. The van der Waals surface area contributed by atoms with Gasteiger partial charge in [-0.05, 0) is 19.1 Å². The Morgan fingerprint density at radius 3 is 2.61 bits per heavy atom. The summed E-state index contributed by atoms with van der Waals surface area (Å²) in [6.07, 6.45) is -1.46. The van der Waals surface area contributed by atoms with Crippen molar-refractivity contribution in [1.29, 1.82) is 0 Å². The molecule has 0 fully saturated rings. The van der Waals surface area contributed by atoms with E-state index in [2.05, 4.69) is 4.74 Å². The smallest absolute Gasteiger partial charge is 0.471 e. The van der Waals surface area contributed by atoms with Crippen molar-refractivity contribution >= 4 is 29.4 Å². The van der Waals surface area contributed by atoms with E-state index < -0.39 is 17.8 Å². The van der Waals surface area contributed by atoms with Gasteiger partial charge >= 0.3 is 6.16 Å². The van der Waals surface area contributed by atoms with Crippen LogP contribution in [0.25, 0.3) is 0 Å². The molecule has 0 saturated heterocycles. The first-order chi connectivity index (χ1) is 8.63. The average molecular weight is 293 g/mol. The average Bonchev–Trinajstić information content (AvgIpc) is 2.37. The molecule has 0 radical (unpaired) electrons. The lowest BCUT2D eigenvalue weighted by atomic mass is 10.3. The zero-order valence-corrected chi connectivity index (χ0v) is 11.4. The zero-order valence-electron chi connectivity index (χ0n) is 9.84. The number of para-hydroxylation sites is 1. The zero-order chi connectivity index (χ0) is 13.4. The predicted octanol–water partition coefficient (Wildman–Crippen LogP) is 3.41. The fraction of sp³-hybridized carbons (Fsp3) is 0.417. The summed E-state index contributed by atoms with van der Waals surface area (Å²) in [4.78, 5) is 11.2. The molecule has 18 heavy (non-hydrogen) atoms. The van der Waals surface area contributed by atoms with E-state index in [0.29, 0.717) is 5.75 Å². The van der Waals surface area contributed by atoms with Crippen molar-refractivity contribution in [2.24, 2.45) is 0 Å². The molecule has 0 heterocycles. The Morgan fingerprint density at radius 1 is 1.33 bits per heavy atom. The van der Waals surface area contributed by atoms with Crippen molar-refractivity contribution in [3.63, 3.8) is 0 Å². The van der Waals surface area contributed by atoms with Crippen LogP contribution < -0.4 is 4.74 Å². The molecule has 1 aromatic carbocycles. The van der Waals surface area contributed by atoms with Crippen molar-refractivity contribution in [2.75, 3.05) is 12.5 Å². The number of hydrogen-bond acceptors (Lipinski definition) is 4. The van der Waals surface area contributed by atoms with Crippen LogP contribution in [0.15, 0.2) is 30.3 Å². The topological polar surface area (TPSA) is 44.8 Å². The molecule has 0 spiro atoms. The second-order valence-corrected chi connectivity index (χ2v) is 4.20. The predicted molar refractivity (Wildman–Crippen MR) is 69.3 cm³/mol. The maximum absolute atomic E-state index is 11.2. The summed E-state index contributed by atoms with van der Waals surface area (Å²) >= 11 is 11.3. The van der Waals surface area contributed by atoms with Gasteiger partial charge in [0.1, 0.15) is 12.4 Å². The molecule has 0 aliphatic rings. The van der Waals surface area contributed by atoms with Crippen molar-refractivity contribution in [3.05, 3.63) is 30.3 Å². The Hall–Kier alpha value is -1.13. The van der Waals surface area contributed by atoms with Crippen molar-refractivity contribution in [2.45, 2.75) is 18.6 Å². The van der Waals surface area contributed by atoms with E-state index >= 15 is 0 Å². The molecular formula is C12H14Cl2O4. The molecule has 0 amide bonds. The van der Waals surface area contributed by atoms with Crippen molar-refractivity contribution < 1.29 is 19.0 Å². The van der Waals surface area contributed by atoms with Gasteiger partial charge in [-0.3, -0.25) is 0 Å². The van der Waals surface area contributed by atoms with Crippen LogP contribution in [0.2, 0.25) is 0 Å². The monoisotopic (exact) mass is 292 g/mol.